The van der Waals surface area contributed by atoms with Crippen molar-refractivity contribution >= 4 is 27.5 Å². The van der Waals surface area contributed by atoms with Crippen molar-refractivity contribution in [3.8, 4) is 0 Å². The van der Waals surface area contributed by atoms with Gasteiger partial charge in [0.05, 0.1) is 5.75 Å². The molecule has 124 valence electrons. The summed E-state index contributed by atoms with van der Waals surface area (Å²) in [5.74, 6) is 1.92. The highest BCUT2D eigenvalue weighted by Crippen LogP contribution is 2.12. The van der Waals surface area contributed by atoms with E-state index in [1.807, 2.05) is 19.1 Å². The summed E-state index contributed by atoms with van der Waals surface area (Å²) in [5.41, 5.74) is 1.08. The van der Waals surface area contributed by atoms with E-state index in [9.17, 15) is 8.42 Å². The van der Waals surface area contributed by atoms with Crippen LogP contribution in [0.2, 0.25) is 0 Å². The molecule has 2 aromatic rings. The van der Waals surface area contributed by atoms with Gasteiger partial charge in [-0.2, -0.15) is 0 Å². The number of nitrogens with one attached hydrogen (secondary N) is 3. The van der Waals surface area contributed by atoms with E-state index in [2.05, 4.69) is 30.5 Å². The summed E-state index contributed by atoms with van der Waals surface area (Å²) in [5, 5.41) is 14.1. The van der Waals surface area contributed by atoms with Crippen LogP contribution < -0.4 is 15.4 Å². The van der Waals surface area contributed by atoms with Gasteiger partial charge in [0.2, 0.25) is 10.0 Å². The number of aryl methyl sites for hydroxylation is 1. The van der Waals surface area contributed by atoms with Crippen molar-refractivity contribution in [3.05, 3.63) is 36.0 Å². The molecule has 0 unspecified atom stereocenters. The summed E-state index contributed by atoms with van der Waals surface area (Å²) in [6.45, 7) is 4.29. The minimum atomic E-state index is -3.16. The summed E-state index contributed by atoms with van der Waals surface area (Å²) in [7, 11) is -3.16. The zero-order chi connectivity index (χ0) is 16.7. The van der Waals surface area contributed by atoms with Crippen molar-refractivity contribution in [2.24, 2.45) is 0 Å². The van der Waals surface area contributed by atoms with Gasteiger partial charge in [0, 0.05) is 19.3 Å². The summed E-state index contributed by atoms with van der Waals surface area (Å²) in [4.78, 5) is 4.23. The van der Waals surface area contributed by atoms with Gasteiger partial charge in [-0.3, -0.25) is 0 Å². The molecule has 23 heavy (non-hydrogen) atoms. The van der Waals surface area contributed by atoms with Crippen LogP contribution in [0.25, 0.3) is 0 Å². The molecule has 0 aliphatic carbocycles. The Balaban J connectivity index is 1.81. The molecule has 8 nitrogen and oxygen atoms in total. The maximum Gasteiger partial charge on any atom is 0.211 e. The van der Waals surface area contributed by atoms with Crippen LogP contribution in [0.15, 0.2) is 30.5 Å². The van der Waals surface area contributed by atoms with Gasteiger partial charge in [0.15, 0.2) is 5.82 Å². The quantitative estimate of drug-likeness (QED) is 0.623. The molecular formula is C14H20N6O2S. The Morgan fingerprint density at radius 2 is 1.70 bits per heavy atom. The summed E-state index contributed by atoms with van der Waals surface area (Å²) in [6.07, 6.45) is 1.77. The lowest BCUT2D eigenvalue weighted by atomic mass is 10.3. The average Bonchev–Trinajstić information content (AvgIpc) is 2.55. The molecule has 0 saturated carbocycles. The molecule has 0 saturated heterocycles. The van der Waals surface area contributed by atoms with Crippen LogP contribution >= 0.6 is 0 Å². The predicted molar refractivity (Wildman–Crippen MR) is 90.2 cm³/mol. The minimum Gasteiger partial charge on any atom is -0.367 e. The Morgan fingerprint density at radius 3 is 2.30 bits per heavy atom. The maximum absolute atomic E-state index is 11.3. The second-order valence-electron chi connectivity index (χ2n) is 4.87. The first kappa shape index (κ1) is 17.1. The average molecular weight is 336 g/mol. The van der Waals surface area contributed by atoms with Crippen molar-refractivity contribution in [1.29, 1.82) is 0 Å². The molecule has 0 aliphatic rings. The van der Waals surface area contributed by atoms with E-state index in [1.165, 1.54) is 0 Å². The lowest BCUT2D eigenvalue weighted by Crippen LogP contribution is -2.30. The number of anilines is 3. The van der Waals surface area contributed by atoms with E-state index in [4.69, 9.17) is 0 Å². The molecule has 0 fully saturated rings. The third-order valence-electron chi connectivity index (χ3n) is 2.97. The van der Waals surface area contributed by atoms with Gasteiger partial charge in [-0.05, 0) is 37.6 Å². The minimum absolute atomic E-state index is 0.0697. The van der Waals surface area contributed by atoms with Crippen molar-refractivity contribution in [3.63, 3.8) is 0 Å². The van der Waals surface area contributed by atoms with Crippen molar-refractivity contribution in [2.75, 3.05) is 29.5 Å². The van der Waals surface area contributed by atoms with E-state index >= 15 is 0 Å². The van der Waals surface area contributed by atoms with Crippen LogP contribution in [0.1, 0.15) is 12.5 Å². The highest BCUT2D eigenvalue weighted by Gasteiger charge is 2.04. The van der Waals surface area contributed by atoms with Gasteiger partial charge >= 0.3 is 0 Å². The van der Waals surface area contributed by atoms with Crippen LogP contribution in [-0.2, 0) is 10.0 Å². The first-order valence-electron chi connectivity index (χ1n) is 7.23. The highest BCUT2D eigenvalue weighted by atomic mass is 32.2. The normalized spacial score (nSPS) is 11.2. The van der Waals surface area contributed by atoms with Crippen LogP contribution in [-0.4, -0.2) is 42.4 Å². The van der Waals surface area contributed by atoms with Gasteiger partial charge in [-0.15, -0.1) is 10.2 Å². The lowest BCUT2D eigenvalue weighted by molar-refractivity contribution is 0.584. The first-order valence-corrected chi connectivity index (χ1v) is 8.88. The second kappa shape index (κ2) is 7.84. The van der Waals surface area contributed by atoms with Gasteiger partial charge < -0.3 is 10.6 Å². The Kier molecular flexibility index (Phi) is 5.83. The molecule has 0 aliphatic heterocycles. The largest absolute Gasteiger partial charge is 0.367 e. The third kappa shape index (κ3) is 5.80. The SMILES string of the molecule is CCS(=O)(=O)NCCNc1ccc(Nc2ccc(C)cn2)nn1. The molecule has 0 amide bonds. The van der Waals surface area contributed by atoms with E-state index < -0.39 is 10.0 Å². The maximum atomic E-state index is 11.3. The van der Waals surface area contributed by atoms with Gasteiger partial charge in [0.1, 0.15) is 11.6 Å². The summed E-state index contributed by atoms with van der Waals surface area (Å²) < 4.78 is 25.0. The van der Waals surface area contributed by atoms with E-state index in [0.717, 1.165) is 5.56 Å². The molecule has 2 aromatic heterocycles. The van der Waals surface area contributed by atoms with Crippen LogP contribution in [0.5, 0.6) is 0 Å². The number of nitrogens with zero attached hydrogens (tertiary/aromatic N) is 3. The zero-order valence-electron chi connectivity index (χ0n) is 13.1. The fraction of sp³-hybridized carbons (Fsp3) is 0.357. The topological polar surface area (TPSA) is 109 Å². The molecule has 0 radical (unpaired) electrons. The van der Waals surface area contributed by atoms with Crippen LogP contribution in [0.3, 0.4) is 0 Å². The number of hydrogen-bond donors (Lipinski definition) is 3. The number of rotatable bonds is 8. The molecule has 0 aromatic carbocycles. The molecule has 2 heterocycles. The van der Waals surface area contributed by atoms with Gasteiger partial charge in [-0.25, -0.2) is 18.1 Å². The number of pyridine rings is 1. The molecule has 0 spiro atoms. The monoisotopic (exact) mass is 336 g/mol. The number of sulfonamides is 1. The molecule has 9 heteroatoms. The van der Waals surface area contributed by atoms with Crippen molar-refractivity contribution in [1.82, 2.24) is 19.9 Å². The Morgan fingerprint density at radius 1 is 1.00 bits per heavy atom. The fourth-order valence-corrected chi connectivity index (χ4v) is 2.28. The first-order chi connectivity index (χ1) is 11.0. The number of aromatic nitrogens is 3. The van der Waals surface area contributed by atoms with Crippen molar-refractivity contribution < 1.29 is 8.42 Å². The molecule has 3 N–H and O–H groups in total. The standard InChI is InChI=1S/C14H20N6O2S/c1-3-23(21,22)17-9-8-15-13-6-7-14(20-19-13)18-12-5-4-11(2)10-16-12/h4-7,10,17H,3,8-9H2,1-2H3,(H,15,19)(H,16,18,20). The predicted octanol–water partition coefficient (Wildman–Crippen LogP) is 1.27. The Hall–Kier alpha value is -2.26. The Labute approximate surface area is 135 Å². The zero-order valence-corrected chi connectivity index (χ0v) is 13.9. The smallest absolute Gasteiger partial charge is 0.211 e. The number of hydrogen-bond acceptors (Lipinski definition) is 7. The second-order valence-corrected chi connectivity index (χ2v) is 6.97. The van der Waals surface area contributed by atoms with E-state index in [1.54, 1.807) is 25.3 Å². The van der Waals surface area contributed by atoms with Crippen LogP contribution in [0, 0.1) is 6.92 Å². The molecular weight excluding hydrogens is 316 g/mol. The van der Waals surface area contributed by atoms with Crippen LogP contribution in [0.4, 0.5) is 17.5 Å². The summed E-state index contributed by atoms with van der Waals surface area (Å²) >= 11 is 0. The highest BCUT2D eigenvalue weighted by molar-refractivity contribution is 7.89. The molecule has 0 bridgehead atoms. The van der Waals surface area contributed by atoms with Gasteiger partial charge in [0.25, 0.3) is 0 Å². The molecule has 0 atom stereocenters. The van der Waals surface area contributed by atoms with Crippen molar-refractivity contribution in [2.45, 2.75) is 13.8 Å². The lowest BCUT2D eigenvalue weighted by Gasteiger charge is -2.08. The van der Waals surface area contributed by atoms with E-state index in [-0.39, 0.29) is 5.75 Å². The van der Waals surface area contributed by atoms with E-state index in [0.29, 0.717) is 30.5 Å². The summed E-state index contributed by atoms with van der Waals surface area (Å²) in [6, 6.07) is 7.35. The third-order valence-corrected chi connectivity index (χ3v) is 4.37. The van der Waals surface area contributed by atoms with Gasteiger partial charge in [-0.1, -0.05) is 6.07 Å². The fourth-order valence-electron chi connectivity index (χ4n) is 1.67. The Bertz CT molecular complexity index is 716. The molecule has 2 rings (SSSR count).